The Balaban J connectivity index is 3.13. The van der Waals surface area contributed by atoms with E-state index >= 15 is 0 Å². The van der Waals surface area contributed by atoms with Crippen molar-refractivity contribution in [1.82, 2.24) is 4.72 Å². The lowest BCUT2D eigenvalue weighted by molar-refractivity contribution is -0.143. The molecule has 94 valence electrons. The highest BCUT2D eigenvalue weighted by atomic mass is 32.2. The fourth-order valence-corrected chi connectivity index (χ4v) is 1.93. The minimum absolute atomic E-state index is 0.351. The number of carbonyl (C=O) groups is 1. The molecule has 0 aliphatic rings. The Hall–Kier alpha value is -1.28. The number of carboxylic acids is 1. The monoisotopic (exact) mass is 258 g/mol. The topological polar surface area (TPSA) is 113 Å². The first-order valence-electron chi connectivity index (χ1n) is 4.81. The number of rotatable bonds is 5. The van der Waals surface area contributed by atoms with Gasteiger partial charge in [-0.1, -0.05) is 24.3 Å². The third-order valence-corrected chi connectivity index (χ3v) is 3.07. The molecule has 17 heavy (non-hydrogen) atoms. The van der Waals surface area contributed by atoms with E-state index in [9.17, 15) is 9.00 Å². The number of nitrogens with one attached hydrogen (secondary N) is 1. The van der Waals surface area contributed by atoms with Crippen molar-refractivity contribution in [2.75, 3.05) is 0 Å². The largest absolute Gasteiger partial charge is 0.480 e. The molecule has 5 N–H and O–H groups in total. The molecule has 6 nitrogen and oxygen atoms in total. The summed E-state index contributed by atoms with van der Waals surface area (Å²) in [6.45, 7) is 1.67. The maximum absolute atomic E-state index is 11.2. The van der Waals surface area contributed by atoms with Crippen molar-refractivity contribution in [3.05, 3.63) is 35.4 Å². The molecular weight excluding hydrogens is 244 g/mol. The van der Waals surface area contributed by atoms with E-state index in [1.165, 1.54) is 6.92 Å². The Labute approximate surface area is 101 Å². The highest BCUT2D eigenvalue weighted by Gasteiger charge is 2.36. The zero-order valence-electron chi connectivity index (χ0n) is 9.21. The van der Waals surface area contributed by atoms with Gasteiger partial charge in [0.1, 0.15) is 0 Å². The molecule has 1 rings (SSSR count). The Morgan fingerprint density at radius 2 is 2.00 bits per heavy atom. The first kappa shape index (κ1) is 13.8. The molecule has 1 aromatic carbocycles. The summed E-state index contributed by atoms with van der Waals surface area (Å²) in [6, 6.07) is 6.49. The summed E-state index contributed by atoms with van der Waals surface area (Å²) in [6.07, 6.45) is 0. The summed E-state index contributed by atoms with van der Waals surface area (Å²) in [5, 5.41) is 9.13. The molecule has 0 fully saturated rings. The molecule has 0 heterocycles. The molecule has 0 aliphatic heterocycles. The van der Waals surface area contributed by atoms with E-state index in [-0.39, 0.29) is 0 Å². The van der Waals surface area contributed by atoms with Crippen molar-refractivity contribution >= 4 is 17.2 Å². The lowest BCUT2D eigenvalue weighted by atomic mass is 9.92. The molecule has 0 bridgehead atoms. The van der Waals surface area contributed by atoms with Crippen molar-refractivity contribution < 1.29 is 18.7 Å². The van der Waals surface area contributed by atoms with Crippen LogP contribution in [0.15, 0.2) is 24.3 Å². The van der Waals surface area contributed by atoms with E-state index < -0.39 is 22.8 Å². The van der Waals surface area contributed by atoms with Crippen LogP contribution in [-0.2, 0) is 28.1 Å². The minimum atomic E-state index is -2.42. The van der Waals surface area contributed by atoms with E-state index in [0.717, 1.165) is 5.56 Å². The summed E-state index contributed by atoms with van der Waals surface area (Å²) < 4.78 is 21.6. The third-order valence-electron chi connectivity index (χ3n) is 2.49. The van der Waals surface area contributed by atoms with E-state index in [4.69, 9.17) is 15.4 Å². The zero-order chi connectivity index (χ0) is 13.1. The van der Waals surface area contributed by atoms with Gasteiger partial charge in [-0.3, -0.25) is 4.55 Å². The maximum atomic E-state index is 11.2. The fraction of sp³-hybridized carbons (Fsp3) is 0.300. The second kappa shape index (κ2) is 5.37. The second-order valence-electron chi connectivity index (χ2n) is 3.68. The molecular formula is C10H14N2O4S. The summed E-state index contributed by atoms with van der Waals surface area (Å²) in [5.74, 6) is -1.24. The molecule has 0 saturated heterocycles. The summed E-state index contributed by atoms with van der Waals surface area (Å²) in [7, 11) is 0. The van der Waals surface area contributed by atoms with E-state index in [1.54, 1.807) is 24.3 Å². The first-order valence-corrected chi connectivity index (χ1v) is 5.92. The second-order valence-corrected chi connectivity index (χ2v) is 4.38. The van der Waals surface area contributed by atoms with Gasteiger partial charge in [-0.2, -0.15) is 4.72 Å². The molecule has 0 radical (unpaired) electrons. The standard InChI is InChI=1S/C10H14N2O4S/c1-10(9(13)14,12-17(15)16)8-4-2-7(6-11)3-5-8/h2-5,12H,6,11H2,1H3,(H,13,14)(H,15,16). The van der Waals surface area contributed by atoms with Crippen LogP contribution in [0.2, 0.25) is 0 Å². The van der Waals surface area contributed by atoms with E-state index in [1.807, 2.05) is 0 Å². The van der Waals surface area contributed by atoms with Crippen LogP contribution in [0.1, 0.15) is 18.1 Å². The van der Waals surface area contributed by atoms with Crippen molar-refractivity contribution in [1.29, 1.82) is 0 Å². The molecule has 0 spiro atoms. The van der Waals surface area contributed by atoms with Crippen LogP contribution in [0, 0.1) is 0 Å². The average Bonchev–Trinajstić information content (AvgIpc) is 2.28. The highest BCUT2D eigenvalue weighted by Crippen LogP contribution is 2.22. The maximum Gasteiger partial charge on any atom is 0.329 e. The molecule has 0 aromatic heterocycles. The van der Waals surface area contributed by atoms with Crippen molar-refractivity contribution in [2.24, 2.45) is 5.73 Å². The molecule has 0 saturated carbocycles. The van der Waals surface area contributed by atoms with Gasteiger partial charge in [-0.15, -0.1) is 0 Å². The smallest absolute Gasteiger partial charge is 0.329 e. The van der Waals surface area contributed by atoms with Gasteiger partial charge in [0.25, 0.3) is 0 Å². The summed E-state index contributed by atoms with van der Waals surface area (Å²) >= 11 is -2.42. The zero-order valence-corrected chi connectivity index (χ0v) is 10.0. The van der Waals surface area contributed by atoms with Gasteiger partial charge < -0.3 is 10.8 Å². The van der Waals surface area contributed by atoms with Crippen molar-refractivity contribution in [3.8, 4) is 0 Å². The Morgan fingerprint density at radius 3 is 2.35 bits per heavy atom. The van der Waals surface area contributed by atoms with Crippen molar-refractivity contribution in [2.45, 2.75) is 19.0 Å². The highest BCUT2D eigenvalue weighted by molar-refractivity contribution is 7.77. The fourth-order valence-electron chi connectivity index (χ4n) is 1.37. The van der Waals surface area contributed by atoms with E-state index in [0.29, 0.717) is 12.1 Å². The minimum Gasteiger partial charge on any atom is -0.480 e. The lowest BCUT2D eigenvalue weighted by Gasteiger charge is -2.24. The van der Waals surface area contributed by atoms with Crippen LogP contribution >= 0.6 is 0 Å². The normalized spacial score (nSPS) is 16.2. The number of nitrogens with two attached hydrogens (primary N) is 1. The van der Waals surface area contributed by atoms with Gasteiger partial charge in [-0.25, -0.2) is 9.00 Å². The van der Waals surface area contributed by atoms with Gasteiger partial charge in [-0.05, 0) is 18.1 Å². The third kappa shape index (κ3) is 3.10. The van der Waals surface area contributed by atoms with Crippen LogP contribution in [0.3, 0.4) is 0 Å². The average molecular weight is 258 g/mol. The quantitative estimate of drug-likeness (QED) is 0.562. The van der Waals surface area contributed by atoms with Crippen LogP contribution in [0.4, 0.5) is 0 Å². The number of aliphatic carboxylic acids is 1. The van der Waals surface area contributed by atoms with Crippen LogP contribution in [-0.4, -0.2) is 19.8 Å². The predicted molar refractivity (Wildman–Crippen MR) is 63.2 cm³/mol. The van der Waals surface area contributed by atoms with Gasteiger partial charge in [0.15, 0.2) is 5.54 Å². The van der Waals surface area contributed by atoms with Gasteiger partial charge >= 0.3 is 5.97 Å². The number of carboxylic acid groups (broad SMARTS) is 1. The van der Waals surface area contributed by atoms with Gasteiger partial charge in [0.2, 0.25) is 11.3 Å². The predicted octanol–water partition coefficient (Wildman–Crippen LogP) is 0.171. The number of hydrogen-bond acceptors (Lipinski definition) is 3. The molecule has 0 amide bonds. The number of benzene rings is 1. The van der Waals surface area contributed by atoms with Crippen LogP contribution in [0.5, 0.6) is 0 Å². The summed E-state index contributed by atoms with van der Waals surface area (Å²) in [4.78, 5) is 11.2. The van der Waals surface area contributed by atoms with Crippen LogP contribution < -0.4 is 10.5 Å². The Morgan fingerprint density at radius 1 is 1.47 bits per heavy atom. The lowest BCUT2D eigenvalue weighted by Crippen LogP contribution is -2.47. The molecule has 2 unspecified atom stereocenters. The van der Waals surface area contributed by atoms with Crippen LogP contribution in [0.25, 0.3) is 0 Å². The van der Waals surface area contributed by atoms with E-state index in [2.05, 4.69) is 4.72 Å². The van der Waals surface area contributed by atoms with Crippen molar-refractivity contribution in [3.63, 3.8) is 0 Å². The SMILES string of the molecule is CC(NS(=O)O)(C(=O)O)c1ccc(CN)cc1. The summed E-state index contributed by atoms with van der Waals surface area (Å²) in [5.41, 5.74) is 5.04. The first-order chi connectivity index (χ1) is 7.90. The Kier molecular flexibility index (Phi) is 4.35. The number of hydrogen-bond donors (Lipinski definition) is 4. The molecule has 7 heteroatoms. The van der Waals surface area contributed by atoms with Gasteiger partial charge in [0, 0.05) is 6.54 Å². The molecule has 0 aliphatic carbocycles. The Bertz CT molecular complexity index is 434. The van der Waals surface area contributed by atoms with Gasteiger partial charge in [0.05, 0.1) is 0 Å². The molecule has 1 aromatic rings. The molecule has 2 atom stereocenters.